The molecule has 1 N–H and O–H groups in total. The summed E-state index contributed by atoms with van der Waals surface area (Å²) in [6.07, 6.45) is 3.32. The van der Waals surface area contributed by atoms with E-state index >= 15 is 0 Å². The second-order valence-corrected chi connectivity index (χ2v) is 4.95. The molecule has 3 rings (SSSR count). The summed E-state index contributed by atoms with van der Waals surface area (Å²) in [4.78, 5) is 0. The molecule has 102 valence electrons. The molecule has 2 nitrogen and oxygen atoms in total. The SMILES string of the molecule is CNCC/C=C1/c2ccccc2COc2ccccc21. The quantitative estimate of drug-likeness (QED) is 0.856. The maximum Gasteiger partial charge on any atom is 0.127 e. The molecule has 1 heterocycles. The van der Waals surface area contributed by atoms with Gasteiger partial charge in [-0.05, 0) is 42.8 Å². The number of rotatable bonds is 3. The summed E-state index contributed by atoms with van der Waals surface area (Å²) in [6, 6.07) is 16.8. The molecule has 0 radical (unpaired) electrons. The molecular weight excluding hydrogens is 246 g/mol. The highest BCUT2D eigenvalue weighted by Crippen LogP contribution is 2.36. The first-order valence-corrected chi connectivity index (χ1v) is 7.05. The lowest BCUT2D eigenvalue weighted by Crippen LogP contribution is -2.06. The molecule has 0 amide bonds. The summed E-state index contributed by atoms with van der Waals surface area (Å²) in [5.41, 5.74) is 5.01. The van der Waals surface area contributed by atoms with Crippen molar-refractivity contribution in [3.05, 3.63) is 71.3 Å². The fourth-order valence-electron chi connectivity index (χ4n) is 2.61. The lowest BCUT2D eigenvalue weighted by atomic mass is 9.93. The smallest absolute Gasteiger partial charge is 0.127 e. The number of para-hydroxylation sites is 1. The van der Waals surface area contributed by atoms with Gasteiger partial charge >= 0.3 is 0 Å². The van der Waals surface area contributed by atoms with Gasteiger partial charge in [0.05, 0.1) is 0 Å². The van der Waals surface area contributed by atoms with Gasteiger partial charge < -0.3 is 10.1 Å². The highest BCUT2D eigenvalue weighted by atomic mass is 16.5. The third-order valence-corrected chi connectivity index (χ3v) is 3.61. The van der Waals surface area contributed by atoms with E-state index in [2.05, 4.69) is 47.8 Å². The molecule has 2 aromatic carbocycles. The normalized spacial score (nSPS) is 15.2. The van der Waals surface area contributed by atoms with Crippen LogP contribution in [0.4, 0.5) is 0 Å². The van der Waals surface area contributed by atoms with Crippen LogP contribution in [0.25, 0.3) is 5.57 Å². The standard InChI is InChI=1S/C18H19NO/c1-19-12-6-10-16-15-8-3-2-7-14(15)13-20-18-11-5-4-9-17(16)18/h2-5,7-11,19H,6,12-13H2,1H3/b16-10-. The Morgan fingerprint density at radius 1 is 1.05 bits per heavy atom. The molecule has 1 aliphatic heterocycles. The van der Waals surface area contributed by atoms with Crippen molar-refractivity contribution in [3.63, 3.8) is 0 Å². The fourth-order valence-corrected chi connectivity index (χ4v) is 2.61. The third-order valence-electron chi connectivity index (χ3n) is 3.61. The number of benzene rings is 2. The van der Waals surface area contributed by atoms with Crippen molar-refractivity contribution < 1.29 is 4.74 Å². The lowest BCUT2D eigenvalue weighted by Gasteiger charge is -2.10. The van der Waals surface area contributed by atoms with Crippen molar-refractivity contribution in [2.75, 3.05) is 13.6 Å². The summed E-state index contributed by atoms with van der Waals surface area (Å²) in [5, 5.41) is 3.20. The molecule has 0 aromatic heterocycles. The van der Waals surface area contributed by atoms with Gasteiger partial charge in [0, 0.05) is 5.56 Å². The van der Waals surface area contributed by atoms with E-state index in [4.69, 9.17) is 4.74 Å². The maximum atomic E-state index is 5.96. The van der Waals surface area contributed by atoms with Crippen LogP contribution < -0.4 is 10.1 Å². The van der Waals surface area contributed by atoms with Gasteiger partial charge in [0.15, 0.2) is 0 Å². The predicted molar refractivity (Wildman–Crippen MR) is 82.8 cm³/mol. The molecule has 0 saturated heterocycles. The van der Waals surface area contributed by atoms with E-state index < -0.39 is 0 Å². The molecule has 0 aliphatic carbocycles. The first-order chi connectivity index (χ1) is 9.90. The van der Waals surface area contributed by atoms with Crippen LogP contribution >= 0.6 is 0 Å². The van der Waals surface area contributed by atoms with Gasteiger partial charge in [-0.3, -0.25) is 0 Å². The zero-order valence-electron chi connectivity index (χ0n) is 11.7. The van der Waals surface area contributed by atoms with Gasteiger partial charge in [-0.2, -0.15) is 0 Å². The summed E-state index contributed by atoms with van der Waals surface area (Å²) in [5.74, 6) is 0.972. The van der Waals surface area contributed by atoms with Crippen LogP contribution in [0.3, 0.4) is 0 Å². The minimum Gasteiger partial charge on any atom is -0.488 e. The average Bonchev–Trinajstić information content (AvgIpc) is 2.66. The molecule has 20 heavy (non-hydrogen) atoms. The molecule has 0 fully saturated rings. The first kappa shape index (κ1) is 12.9. The maximum absolute atomic E-state index is 5.96. The van der Waals surface area contributed by atoms with E-state index in [0.717, 1.165) is 18.7 Å². The van der Waals surface area contributed by atoms with E-state index in [1.54, 1.807) is 0 Å². The number of nitrogens with one attached hydrogen (secondary N) is 1. The Morgan fingerprint density at radius 3 is 2.65 bits per heavy atom. The molecule has 0 atom stereocenters. The topological polar surface area (TPSA) is 21.3 Å². The van der Waals surface area contributed by atoms with Crippen molar-refractivity contribution >= 4 is 5.57 Å². The molecule has 0 unspecified atom stereocenters. The van der Waals surface area contributed by atoms with E-state index in [0.29, 0.717) is 6.61 Å². The van der Waals surface area contributed by atoms with Crippen molar-refractivity contribution in [1.29, 1.82) is 0 Å². The van der Waals surface area contributed by atoms with Crippen LogP contribution in [0.1, 0.15) is 23.1 Å². The Labute approximate surface area is 120 Å². The summed E-state index contributed by atoms with van der Waals surface area (Å²) in [7, 11) is 1.98. The van der Waals surface area contributed by atoms with E-state index in [1.807, 2.05) is 19.2 Å². The van der Waals surface area contributed by atoms with Crippen molar-refractivity contribution in [2.24, 2.45) is 0 Å². The van der Waals surface area contributed by atoms with E-state index in [9.17, 15) is 0 Å². The number of hydrogen-bond acceptors (Lipinski definition) is 2. The minimum absolute atomic E-state index is 0.635. The van der Waals surface area contributed by atoms with Crippen molar-refractivity contribution in [2.45, 2.75) is 13.0 Å². The number of fused-ring (bicyclic) bond motifs is 2. The third kappa shape index (κ3) is 2.47. The highest BCUT2D eigenvalue weighted by Gasteiger charge is 2.17. The van der Waals surface area contributed by atoms with Crippen LogP contribution in [0.2, 0.25) is 0 Å². The largest absolute Gasteiger partial charge is 0.488 e. The predicted octanol–water partition coefficient (Wildman–Crippen LogP) is 3.62. The molecule has 0 bridgehead atoms. The lowest BCUT2D eigenvalue weighted by molar-refractivity contribution is 0.307. The summed E-state index contributed by atoms with van der Waals surface area (Å²) in [6.45, 7) is 1.62. The monoisotopic (exact) mass is 265 g/mol. The number of hydrogen-bond donors (Lipinski definition) is 1. The van der Waals surface area contributed by atoms with Crippen molar-refractivity contribution in [3.8, 4) is 5.75 Å². The average molecular weight is 265 g/mol. The van der Waals surface area contributed by atoms with Gasteiger partial charge in [-0.1, -0.05) is 48.5 Å². The van der Waals surface area contributed by atoms with E-state index in [-0.39, 0.29) is 0 Å². The Kier molecular flexibility index (Phi) is 3.84. The molecule has 0 saturated carbocycles. The fraction of sp³-hybridized carbons (Fsp3) is 0.222. The molecule has 2 aromatic rings. The van der Waals surface area contributed by atoms with Crippen LogP contribution in [-0.2, 0) is 6.61 Å². The first-order valence-electron chi connectivity index (χ1n) is 7.05. The Balaban J connectivity index is 2.11. The Morgan fingerprint density at radius 2 is 1.80 bits per heavy atom. The van der Waals surface area contributed by atoms with E-state index in [1.165, 1.54) is 22.3 Å². The van der Waals surface area contributed by atoms with Crippen molar-refractivity contribution in [1.82, 2.24) is 5.32 Å². The Hall–Kier alpha value is -2.06. The van der Waals surface area contributed by atoms with Gasteiger partial charge in [-0.25, -0.2) is 0 Å². The second-order valence-electron chi connectivity index (χ2n) is 4.95. The second kappa shape index (κ2) is 5.93. The summed E-state index contributed by atoms with van der Waals surface area (Å²) >= 11 is 0. The highest BCUT2D eigenvalue weighted by molar-refractivity contribution is 5.84. The zero-order chi connectivity index (χ0) is 13.8. The Bertz CT molecular complexity index is 581. The summed E-state index contributed by atoms with van der Waals surface area (Å²) < 4.78 is 5.96. The van der Waals surface area contributed by atoms with Crippen LogP contribution in [0.15, 0.2) is 54.6 Å². The van der Waals surface area contributed by atoms with Gasteiger partial charge in [0.2, 0.25) is 0 Å². The molecule has 1 aliphatic rings. The van der Waals surface area contributed by atoms with Gasteiger partial charge in [-0.15, -0.1) is 0 Å². The van der Waals surface area contributed by atoms with Gasteiger partial charge in [0.25, 0.3) is 0 Å². The minimum atomic E-state index is 0.635. The zero-order valence-corrected chi connectivity index (χ0v) is 11.7. The van der Waals surface area contributed by atoms with Crippen LogP contribution in [0, 0.1) is 0 Å². The van der Waals surface area contributed by atoms with Crippen LogP contribution in [-0.4, -0.2) is 13.6 Å². The molecule has 2 heteroatoms. The van der Waals surface area contributed by atoms with Gasteiger partial charge in [0.1, 0.15) is 12.4 Å². The van der Waals surface area contributed by atoms with Crippen LogP contribution in [0.5, 0.6) is 5.75 Å². The number of ether oxygens (including phenoxy) is 1. The molecular formula is C18H19NO. The molecule has 0 spiro atoms.